The Balaban J connectivity index is 1.46. The van der Waals surface area contributed by atoms with Crippen molar-refractivity contribution in [3.05, 3.63) is 76.6 Å². The molecule has 0 saturated carbocycles. The Morgan fingerprint density at radius 3 is 2.67 bits per heavy atom. The van der Waals surface area contributed by atoms with Gasteiger partial charge in [-0.15, -0.1) is 0 Å². The number of amides is 1. The first-order valence-electron chi connectivity index (χ1n) is 10.9. The van der Waals surface area contributed by atoms with Gasteiger partial charge in [-0.05, 0) is 43.7 Å². The number of carbonyl (C=O) groups is 1. The largest absolute Gasteiger partial charge is 0.497 e. The van der Waals surface area contributed by atoms with E-state index in [1.807, 2.05) is 50.4 Å². The minimum Gasteiger partial charge on any atom is -0.497 e. The summed E-state index contributed by atoms with van der Waals surface area (Å²) in [6.07, 6.45) is 3.83. The van der Waals surface area contributed by atoms with Crippen LogP contribution < -0.4 is 9.47 Å². The Morgan fingerprint density at radius 1 is 1.12 bits per heavy atom. The van der Waals surface area contributed by atoms with Crippen LogP contribution in [0.1, 0.15) is 44.8 Å². The van der Waals surface area contributed by atoms with Gasteiger partial charge in [0.15, 0.2) is 0 Å². The average molecular weight is 449 g/mol. The first kappa shape index (κ1) is 22.7. The second-order valence-electron chi connectivity index (χ2n) is 7.97. The number of methoxy groups -OCH3 is 2. The van der Waals surface area contributed by atoms with Gasteiger partial charge in [0, 0.05) is 30.9 Å². The quantitative estimate of drug-likeness (QED) is 0.572. The van der Waals surface area contributed by atoms with Crippen LogP contribution in [0.4, 0.5) is 0 Å². The fraction of sp³-hybridized carbons (Fsp3) is 0.360. The molecule has 0 spiro atoms. The molecule has 1 fully saturated rings. The van der Waals surface area contributed by atoms with Gasteiger partial charge < -0.3 is 19.1 Å². The third-order valence-corrected chi connectivity index (χ3v) is 5.74. The maximum Gasteiger partial charge on any atom is 0.257 e. The average Bonchev–Trinajstić information content (AvgIpc) is 2.84. The molecule has 3 aromatic rings. The van der Waals surface area contributed by atoms with Crippen LogP contribution in [0.25, 0.3) is 0 Å². The summed E-state index contributed by atoms with van der Waals surface area (Å²) in [5, 5.41) is 0. The number of ether oxygens (including phenoxy) is 3. The van der Waals surface area contributed by atoms with Crippen molar-refractivity contribution in [1.82, 2.24) is 19.9 Å². The minimum absolute atomic E-state index is 0.0810. The maximum absolute atomic E-state index is 13.0. The van der Waals surface area contributed by atoms with Crippen molar-refractivity contribution >= 4 is 5.91 Å². The molecule has 172 valence electrons. The smallest absolute Gasteiger partial charge is 0.257 e. The Hall–Kier alpha value is -3.52. The lowest BCUT2D eigenvalue weighted by molar-refractivity contribution is -0.0248. The predicted molar refractivity (Wildman–Crippen MR) is 123 cm³/mol. The van der Waals surface area contributed by atoms with Crippen LogP contribution in [0.5, 0.6) is 11.5 Å². The number of hydrogen-bond donors (Lipinski definition) is 0. The summed E-state index contributed by atoms with van der Waals surface area (Å²) in [7, 11) is 3.30. The summed E-state index contributed by atoms with van der Waals surface area (Å²) in [6.45, 7) is 5.05. The van der Waals surface area contributed by atoms with Crippen LogP contribution in [0.15, 0.2) is 42.7 Å². The topological polar surface area (TPSA) is 86.7 Å². The van der Waals surface area contributed by atoms with Crippen molar-refractivity contribution in [3.63, 3.8) is 0 Å². The highest BCUT2D eigenvalue weighted by Crippen LogP contribution is 2.27. The Kier molecular flexibility index (Phi) is 6.84. The van der Waals surface area contributed by atoms with Gasteiger partial charge in [-0.1, -0.05) is 6.07 Å². The molecular formula is C25H28N4O4. The lowest BCUT2D eigenvalue weighted by Gasteiger charge is -2.33. The van der Waals surface area contributed by atoms with E-state index in [-0.39, 0.29) is 12.0 Å². The van der Waals surface area contributed by atoms with E-state index in [1.165, 1.54) is 0 Å². The molecule has 0 radical (unpaired) electrons. The molecule has 4 rings (SSSR count). The Morgan fingerprint density at radius 2 is 1.97 bits per heavy atom. The van der Waals surface area contributed by atoms with E-state index in [9.17, 15) is 4.79 Å². The first-order chi connectivity index (χ1) is 16.0. The monoisotopic (exact) mass is 448 g/mol. The minimum atomic E-state index is -0.283. The fourth-order valence-corrected chi connectivity index (χ4v) is 3.95. The van der Waals surface area contributed by atoms with Crippen molar-refractivity contribution in [1.29, 1.82) is 0 Å². The first-order valence-corrected chi connectivity index (χ1v) is 10.9. The Labute approximate surface area is 193 Å². The van der Waals surface area contributed by atoms with Crippen molar-refractivity contribution in [2.45, 2.75) is 26.4 Å². The number of aryl methyl sites for hydroxylation is 2. The third kappa shape index (κ3) is 5.12. The van der Waals surface area contributed by atoms with Gasteiger partial charge in [0.1, 0.15) is 23.4 Å². The van der Waals surface area contributed by atoms with Gasteiger partial charge in [0.2, 0.25) is 0 Å². The number of carbonyl (C=O) groups excluding carboxylic acids is 1. The molecule has 8 heteroatoms. The lowest BCUT2D eigenvalue weighted by atomic mass is 10.0. The second kappa shape index (κ2) is 9.95. The van der Waals surface area contributed by atoms with Crippen LogP contribution in [0, 0.1) is 13.8 Å². The van der Waals surface area contributed by atoms with E-state index in [0.29, 0.717) is 43.2 Å². The fourth-order valence-electron chi connectivity index (χ4n) is 3.95. The van der Waals surface area contributed by atoms with Gasteiger partial charge in [0.05, 0.1) is 44.3 Å². The van der Waals surface area contributed by atoms with Crippen molar-refractivity contribution in [2.24, 2.45) is 0 Å². The highest BCUT2D eigenvalue weighted by atomic mass is 16.5. The number of aromatic nitrogens is 3. The van der Waals surface area contributed by atoms with E-state index >= 15 is 0 Å². The van der Waals surface area contributed by atoms with Gasteiger partial charge in [0.25, 0.3) is 5.91 Å². The van der Waals surface area contributed by atoms with Crippen LogP contribution in [-0.2, 0) is 11.2 Å². The number of benzene rings is 1. The maximum atomic E-state index is 13.0. The molecule has 1 atom stereocenters. The molecule has 3 heterocycles. The molecule has 33 heavy (non-hydrogen) atoms. The number of hydrogen-bond acceptors (Lipinski definition) is 7. The zero-order valence-corrected chi connectivity index (χ0v) is 19.4. The molecule has 1 aromatic carbocycles. The summed E-state index contributed by atoms with van der Waals surface area (Å²) in [4.78, 5) is 27.9. The number of rotatable bonds is 6. The van der Waals surface area contributed by atoms with Gasteiger partial charge in [-0.3, -0.25) is 9.78 Å². The summed E-state index contributed by atoms with van der Waals surface area (Å²) in [5.41, 5.74) is 4.07. The van der Waals surface area contributed by atoms with Crippen molar-refractivity contribution in [3.8, 4) is 11.5 Å². The molecule has 1 saturated heterocycles. The van der Waals surface area contributed by atoms with Crippen LogP contribution in [0.3, 0.4) is 0 Å². The number of nitrogens with zero attached hydrogens (tertiary/aromatic N) is 4. The lowest BCUT2D eigenvalue weighted by Crippen LogP contribution is -2.42. The van der Waals surface area contributed by atoms with E-state index in [1.54, 1.807) is 25.3 Å². The van der Waals surface area contributed by atoms with E-state index in [4.69, 9.17) is 14.2 Å². The molecule has 0 bridgehead atoms. The van der Waals surface area contributed by atoms with Gasteiger partial charge >= 0.3 is 0 Å². The van der Waals surface area contributed by atoms with Crippen molar-refractivity contribution in [2.75, 3.05) is 33.9 Å². The zero-order chi connectivity index (χ0) is 23.4. The summed E-state index contributed by atoms with van der Waals surface area (Å²) in [6, 6.07) is 9.74. The van der Waals surface area contributed by atoms with E-state index in [2.05, 4.69) is 15.0 Å². The summed E-state index contributed by atoms with van der Waals surface area (Å²) in [5.74, 6) is 2.16. The molecule has 1 unspecified atom stereocenters. The second-order valence-corrected chi connectivity index (χ2v) is 7.97. The van der Waals surface area contributed by atoms with Crippen LogP contribution in [-0.4, -0.2) is 59.7 Å². The highest BCUT2D eigenvalue weighted by molar-refractivity contribution is 5.95. The van der Waals surface area contributed by atoms with Gasteiger partial charge in [-0.25, -0.2) is 9.97 Å². The summed E-state index contributed by atoms with van der Waals surface area (Å²) < 4.78 is 16.7. The van der Waals surface area contributed by atoms with Crippen LogP contribution >= 0.6 is 0 Å². The number of morpholine rings is 1. The molecule has 1 amide bonds. The van der Waals surface area contributed by atoms with Gasteiger partial charge in [-0.2, -0.15) is 0 Å². The summed E-state index contributed by atoms with van der Waals surface area (Å²) >= 11 is 0. The normalized spacial score (nSPS) is 15.9. The molecule has 8 nitrogen and oxygen atoms in total. The third-order valence-electron chi connectivity index (χ3n) is 5.74. The standard InChI is InChI=1S/C25H28N4O4/c1-16-21(14-26-17(2)28-16)25(30)29-9-10-33-24(15-29)22-7-5-18(13-27-22)11-19-12-20(31-3)6-8-23(19)32-4/h5-8,12-14,24H,9-11,15H2,1-4H3. The van der Waals surface area contributed by atoms with Crippen molar-refractivity contribution < 1.29 is 19.0 Å². The molecule has 0 aliphatic carbocycles. The predicted octanol–water partition coefficient (Wildman–Crippen LogP) is 3.31. The molecule has 0 N–H and O–H groups in total. The molecule has 1 aliphatic rings. The molecule has 1 aliphatic heterocycles. The molecular weight excluding hydrogens is 420 g/mol. The van der Waals surface area contributed by atoms with Crippen LogP contribution in [0.2, 0.25) is 0 Å². The van der Waals surface area contributed by atoms with E-state index in [0.717, 1.165) is 28.3 Å². The Bertz CT molecular complexity index is 1130. The SMILES string of the molecule is COc1ccc(OC)c(Cc2ccc(C3CN(C(=O)c4cnc(C)nc4C)CCO3)nc2)c1. The number of pyridine rings is 1. The highest BCUT2D eigenvalue weighted by Gasteiger charge is 2.28. The zero-order valence-electron chi connectivity index (χ0n) is 19.4. The van der Waals surface area contributed by atoms with E-state index < -0.39 is 0 Å². The molecule has 2 aromatic heterocycles.